The largest absolute Gasteiger partial charge is 0.375 e. The minimum atomic E-state index is -0.414. The predicted molar refractivity (Wildman–Crippen MR) is 158 cm³/mol. The highest BCUT2D eigenvalue weighted by atomic mass is 35.5. The van der Waals surface area contributed by atoms with E-state index < -0.39 is 5.54 Å². The quantitative estimate of drug-likeness (QED) is 0.352. The molecule has 0 unspecified atom stereocenters. The lowest BCUT2D eigenvalue weighted by Crippen LogP contribution is -2.47. The summed E-state index contributed by atoms with van der Waals surface area (Å²) < 4.78 is 1.53. The molecule has 2 heterocycles. The fourth-order valence-corrected chi connectivity index (χ4v) is 3.91. The number of nitrogens with one attached hydrogen (secondary N) is 1. The van der Waals surface area contributed by atoms with Crippen LogP contribution in [0.1, 0.15) is 59.4 Å². The summed E-state index contributed by atoms with van der Waals surface area (Å²) in [5.41, 5.74) is 3.58. The van der Waals surface area contributed by atoms with E-state index >= 15 is 0 Å². The Morgan fingerprint density at radius 1 is 1.05 bits per heavy atom. The molecule has 38 heavy (non-hydrogen) atoms. The van der Waals surface area contributed by atoms with Gasteiger partial charge in [0.15, 0.2) is 11.5 Å². The number of aromatic nitrogens is 3. The Morgan fingerprint density at radius 3 is 2.34 bits per heavy atom. The summed E-state index contributed by atoms with van der Waals surface area (Å²) in [6.45, 7) is 14.9. The standard InChI is InChI=1S/C26H29Cl2N7O.C2H6/c1-7-26(4,5)30-25(36)22-21(29-20-12-10-17(13-15(20)3)34(6)8-2)24-32-31-23(35(24)33-22)16-9-11-18(27)19(28)14-16;1-2/h9-14H,7-8H2,1-6H3,(H,30,36);1-2H3. The fourth-order valence-electron chi connectivity index (χ4n) is 3.61. The van der Waals surface area contributed by atoms with Gasteiger partial charge in [0.1, 0.15) is 5.71 Å². The fraction of sp³-hybridized carbons (Fsp3) is 0.393. The topological polar surface area (TPSA) is 87.8 Å². The third-order valence-electron chi connectivity index (χ3n) is 6.33. The van der Waals surface area contributed by atoms with E-state index in [0.29, 0.717) is 33.0 Å². The summed E-state index contributed by atoms with van der Waals surface area (Å²) in [5.74, 6) is 0.487. The number of hydrogen-bond donors (Lipinski definition) is 1. The van der Waals surface area contributed by atoms with E-state index in [1.807, 2.05) is 60.7 Å². The first kappa shape index (κ1) is 29.3. The molecule has 10 heteroatoms. The van der Waals surface area contributed by atoms with Crippen LogP contribution in [-0.4, -0.2) is 51.3 Å². The lowest BCUT2D eigenvalue weighted by molar-refractivity contribution is -0.116. The van der Waals surface area contributed by atoms with Crippen molar-refractivity contribution in [3.05, 3.63) is 57.8 Å². The Labute approximate surface area is 234 Å². The zero-order valence-electron chi connectivity index (χ0n) is 23.2. The van der Waals surface area contributed by atoms with Gasteiger partial charge in [0.05, 0.1) is 15.7 Å². The smallest absolute Gasteiger partial charge is 0.274 e. The van der Waals surface area contributed by atoms with Crippen molar-refractivity contribution in [1.29, 1.82) is 0 Å². The minimum Gasteiger partial charge on any atom is -0.375 e. The van der Waals surface area contributed by atoms with Crippen molar-refractivity contribution in [3.63, 3.8) is 0 Å². The highest BCUT2D eigenvalue weighted by Crippen LogP contribution is 2.31. The summed E-state index contributed by atoms with van der Waals surface area (Å²) in [6, 6.07) is 11.2. The third-order valence-corrected chi connectivity index (χ3v) is 7.07. The van der Waals surface area contributed by atoms with E-state index in [4.69, 9.17) is 28.2 Å². The van der Waals surface area contributed by atoms with Gasteiger partial charge in [-0.3, -0.25) is 4.79 Å². The summed E-state index contributed by atoms with van der Waals surface area (Å²) in [5, 5.41) is 17.1. The monoisotopic (exact) mass is 555 g/mol. The number of rotatable bonds is 7. The molecule has 0 radical (unpaired) electrons. The number of amides is 1. The third kappa shape index (κ3) is 6.08. The number of anilines is 1. The molecular weight excluding hydrogens is 521 g/mol. The summed E-state index contributed by atoms with van der Waals surface area (Å²) in [4.78, 5) is 20.4. The number of halogens is 2. The van der Waals surface area contributed by atoms with Gasteiger partial charge in [-0.1, -0.05) is 44.0 Å². The van der Waals surface area contributed by atoms with E-state index in [1.54, 1.807) is 18.2 Å². The second-order valence-electron chi connectivity index (χ2n) is 9.37. The molecule has 3 aromatic rings. The van der Waals surface area contributed by atoms with Crippen molar-refractivity contribution >= 4 is 51.9 Å². The Morgan fingerprint density at radius 2 is 1.74 bits per heavy atom. The van der Waals surface area contributed by atoms with Crippen LogP contribution in [-0.2, 0) is 4.79 Å². The van der Waals surface area contributed by atoms with Crippen LogP contribution in [0, 0.1) is 6.92 Å². The number of benzene rings is 2. The maximum absolute atomic E-state index is 13.4. The normalized spacial score (nSPS) is 13.5. The van der Waals surface area contributed by atoms with Crippen LogP contribution >= 0.6 is 23.2 Å². The number of nitrogens with zero attached hydrogens (tertiary/aromatic N) is 6. The van der Waals surface area contributed by atoms with E-state index in [2.05, 4.69) is 38.5 Å². The highest BCUT2D eigenvalue weighted by Gasteiger charge is 2.35. The number of carbonyl (C=O) groups excluding carboxylic acids is 1. The van der Waals surface area contributed by atoms with Crippen molar-refractivity contribution < 1.29 is 4.79 Å². The SMILES string of the molecule is CC.CCN(C)c1ccc(N=C2C(C(=O)NC(C)(C)CC)=Nn3c2nnc3-c2ccc(Cl)c(Cl)c2)c(C)c1. The molecule has 0 atom stereocenters. The van der Waals surface area contributed by atoms with E-state index in [1.165, 1.54) is 4.68 Å². The first-order valence-corrected chi connectivity index (χ1v) is 13.5. The molecule has 0 saturated heterocycles. The first-order chi connectivity index (χ1) is 18.0. The number of hydrogen-bond acceptors (Lipinski definition) is 6. The van der Waals surface area contributed by atoms with Crippen molar-refractivity contribution in [2.75, 3.05) is 18.5 Å². The molecule has 4 rings (SSSR count). The first-order valence-electron chi connectivity index (χ1n) is 12.8. The molecule has 202 valence electrons. The van der Waals surface area contributed by atoms with Gasteiger partial charge >= 0.3 is 0 Å². The number of aryl methyl sites for hydroxylation is 1. The maximum atomic E-state index is 13.4. The van der Waals surface area contributed by atoms with Crippen LogP contribution in [0.4, 0.5) is 11.4 Å². The maximum Gasteiger partial charge on any atom is 0.274 e. The number of carbonyl (C=O) groups is 1. The molecule has 1 N–H and O–H groups in total. The predicted octanol–water partition coefficient (Wildman–Crippen LogP) is 6.69. The Bertz CT molecular complexity index is 1390. The summed E-state index contributed by atoms with van der Waals surface area (Å²) in [7, 11) is 2.04. The number of aliphatic imine (C=N–C) groups is 1. The summed E-state index contributed by atoms with van der Waals surface area (Å²) in [6.07, 6.45) is 0.755. The van der Waals surface area contributed by atoms with Crippen LogP contribution in [0.15, 0.2) is 46.5 Å². The lowest BCUT2D eigenvalue weighted by atomic mass is 10.0. The van der Waals surface area contributed by atoms with Gasteiger partial charge in [-0.25, -0.2) is 4.99 Å². The average molecular weight is 557 g/mol. The second kappa shape index (κ2) is 12.1. The van der Waals surface area contributed by atoms with Crippen LogP contribution in [0.25, 0.3) is 11.4 Å². The van der Waals surface area contributed by atoms with E-state index in [0.717, 1.165) is 29.9 Å². The van der Waals surface area contributed by atoms with Gasteiger partial charge in [-0.15, -0.1) is 10.2 Å². The molecule has 0 fully saturated rings. The van der Waals surface area contributed by atoms with Gasteiger partial charge in [-0.05, 0) is 76.1 Å². The van der Waals surface area contributed by atoms with Gasteiger partial charge in [0, 0.05) is 30.4 Å². The van der Waals surface area contributed by atoms with E-state index in [-0.39, 0.29) is 11.6 Å². The van der Waals surface area contributed by atoms with Crippen LogP contribution < -0.4 is 10.2 Å². The molecule has 0 spiro atoms. The molecule has 1 aliphatic heterocycles. The van der Waals surface area contributed by atoms with Gasteiger partial charge in [-0.2, -0.15) is 9.78 Å². The zero-order valence-corrected chi connectivity index (χ0v) is 24.7. The highest BCUT2D eigenvalue weighted by molar-refractivity contribution is 6.70. The molecular formula is C28H35Cl2N7O. The minimum absolute atomic E-state index is 0.178. The van der Waals surface area contributed by atoms with Gasteiger partial charge in [0.25, 0.3) is 5.91 Å². The van der Waals surface area contributed by atoms with Crippen molar-refractivity contribution in [2.45, 2.75) is 60.4 Å². The van der Waals surface area contributed by atoms with Crippen molar-refractivity contribution in [2.24, 2.45) is 10.1 Å². The molecule has 1 aromatic heterocycles. The zero-order chi connectivity index (χ0) is 28.2. The number of fused-ring (bicyclic) bond motifs is 1. The Hall–Kier alpha value is -3.23. The van der Waals surface area contributed by atoms with Crippen LogP contribution in [0.3, 0.4) is 0 Å². The van der Waals surface area contributed by atoms with Gasteiger partial charge in [0.2, 0.25) is 5.82 Å². The van der Waals surface area contributed by atoms with Gasteiger partial charge < -0.3 is 10.2 Å². The van der Waals surface area contributed by atoms with Crippen LogP contribution in [0.5, 0.6) is 0 Å². The van der Waals surface area contributed by atoms with Crippen molar-refractivity contribution in [1.82, 2.24) is 20.2 Å². The molecule has 0 aliphatic carbocycles. The molecule has 0 bridgehead atoms. The molecule has 1 aliphatic rings. The molecule has 2 aromatic carbocycles. The molecule has 8 nitrogen and oxygen atoms in total. The van der Waals surface area contributed by atoms with Crippen LogP contribution in [0.2, 0.25) is 10.0 Å². The van der Waals surface area contributed by atoms with E-state index in [9.17, 15) is 4.79 Å². The Kier molecular flexibility index (Phi) is 9.33. The second-order valence-corrected chi connectivity index (χ2v) is 10.2. The lowest BCUT2D eigenvalue weighted by Gasteiger charge is -2.24. The Balaban J connectivity index is 0.00000195. The molecule has 0 saturated carbocycles. The molecule has 1 amide bonds. The van der Waals surface area contributed by atoms with Crippen molar-refractivity contribution in [3.8, 4) is 11.4 Å². The summed E-state index contributed by atoms with van der Waals surface area (Å²) >= 11 is 12.3. The average Bonchev–Trinajstić information content (AvgIpc) is 3.47.